The average Bonchev–Trinajstić information content (AvgIpc) is 3.62. The van der Waals surface area contributed by atoms with Crippen molar-refractivity contribution in [3.05, 3.63) is 139 Å². The fourth-order valence-electron chi connectivity index (χ4n) is 7.18. The van der Waals surface area contributed by atoms with Crippen molar-refractivity contribution in [2.75, 3.05) is 0 Å². The van der Waals surface area contributed by atoms with Gasteiger partial charge in [0.1, 0.15) is 0 Å². The van der Waals surface area contributed by atoms with Crippen LogP contribution in [-0.4, -0.2) is 15.0 Å². The Morgan fingerprint density at radius 3 is 2.02 bits per heavy atom. The molecule has 0 amide bonds. The molecule has 10 rings (SSSR count). The topological polar surface area (TPSA) is 57.1 Å². The summed E-state index contributed by atoms with van der Waals surface area (Å²) in [6.07, 6.45) is 0. The van der Waals surface area contributed by atoms with Crippen LogP contribution in [0.4, 0.5) is 0 Å². The molecule has 0 spiro atoms. The maximum absolute atomic E-state index is 6.74. The number of rotatable bonds is 3. The lowest BCUT2D eigenvalue weighted by atomic mass is 9.82. The van der Waals surface area contributed by atoms with Crippen LogP contribution in [0.5, 0.6) is 23.0 Å². The smallest absolute Gasteiger partial charge is 0.178 e. The van der Waals surface area contributed by atoms with Crippen molar-refractivity contribution < 1.29 is 9.47 Å². The predicted octanol–water partition coefficient (Wildman–Crippen LogP) is 11.4. The molecule has 2 aromatic heterocycles. The Hall–Kier alpha value is -5.85. The van der Waals surface area contributed by atoms with Crippen molar-refractivity contribution >= 4 is 31.5 Å². The van der Waals surface area contributed by atoms with Gasteiger partial charge in [0.25, 0.3) is 0 Å². The summed E-state index contributed by atoms with van der Waals surface area (Å²) >= 11 is 1.78. The minimum absolute atomic E-state index is 0.138. The van der Waals surface area contributed by atoms with Crippen LogP contribution < -0.4 is 9.47 Å². The van der Waals surface area contributed by atoms with E-state index < -0.39 is 0 Å². The van der Waals surface area contributed by atoms with Crippen molar-refractivity contribution in [3.63, 3.8) is 0 Å². The zero-order valence-corrected chi connectivity index (χ0v) is 27.0. The molecule has 0 saturated heterocycles. The minimum atomic E-state index is -0.138. The monoisotopic (exact) mass is 637 g/mol. The highest BCUT2D eigenvalue weighted by Crippen LogP contribution is 2.58. The SMILES string of the molecule is CC1(C)c2ccccc2-c2c1ccc1c2Oc2cc(-c3nc(-c4ccccc4)nc(-c4ccc5c(c4)sc4ccccc45)n3)ccc2O1. The van der Waals surface area contributed by atoms with Crippen LogP contribution in [0.15, 0.2) is 127 Å². The van der Waals surface area contributed by atoms with Crippen molar-refractivity contribution in [2.24, 2.45) is 0 Å². The summed E-state index contributed by atoms with van der Waals surface area (Å²) in [7, 11) is 0. The van der Waals surface area contributed by atoms with Gasteiger partial charge in [-0.2, -0.15) is 0 Å². The molecule has 0 unspecified atom stereocenters. The van der Waals surface area contributed by atoms with E-state index in [4.69, 9.17) is 24.4 Å². The molecule has 8 aromatic rings. The number of aromatic nitrogens is 3. The number of benzene rings is 6. The summed E-state index contributed by atoms with van der Waals surface area (Å²) in [4.78, 5) is 15.0. The van der Waals surface area contributed by atoms with E-state index in [9.17, 15) is 0 Å². The highest BCUT2D eigenvalue weighted by Gasteiger charge is 2.39. The van der Waals surface area contributed by atoms with Gasteiger partial charge in [0.2, 0.25) is 0 Å². The van der Waals surface area contributed by atoms with Crippen LogP contribution in [-0.2, 0) is 5.41 Å². The largest absolute Gasteiger partial charge is 0.449 e. The fourth-order valence-corrected chi connectivity index (χ4v) is 8.33. The number of nitrogens with zero attached hydrogens (tertiary/aromatic N) is 3. The van der Waals surface area contributed by atoms with E-state index >= 15 is 0 Å². The molecule has 0 atom stereocenters. The molecular weight excluding hydrogens is 611 g/mol. The van der Waals surface area contributed by atoms with Crippen molar-refractivity contribution in [1.29, 1.82) is 0 Å². The first kappa shape index (κ1) is 27.3. The number of fused-ring (bicyclic) bond motifs is 9. The molecule has 1 aliphatic heterocycles. The third-order valence-electron chi connectivity index (χ3n) is 9.60. The Balaban J connectivity index is 1.10. The van der Waals surface area contributed by atoms with Crippen LogP contribution in [0, 0.1) is 0 Å². The highest BCUT2D eigenvalue weighted by atomic mass is 32.1. The van der Waals surface area contributed by atoms with E-state index in [-0.39, 0.29) is 5.41 Å². The van der Waals surface area contributed by atoms with E-state index in [1.807, 2.05) is 54.6 Å². The van der Waals surface area contributed by atoms with Gasteiger partial charge in [-0.3, -0.25) is 0 Å². The number of ether oxygens (including phenoxy) is 2. The third kappa shape index (κ3) is 4.06. The standard InChI is InChI=1S/C42H27N3O2S/c1-42(2)30-14-8-6-13-29(30)37-31(42)19-21-33-38(37)47-34-22-25(17-20-32(34)46-33)40-43-39(24-10-4-3-5-11-24)44-41(45-40)26-16-18-28-27-12-7-9-15-35(27)48-36(28)23-26/h3-23H,1-2H3. The summed E-state index contributed by atoms with van der Waals surface area (Å²) < 4.78 is 15.7. The summed E-state index contributed by atoms with van der Waals surface area (Å²) in [6, 6.07) is 43.7. The van der Waals surface area contributed by atoms with Crippen molar-refractivity contribution in [1.82, 2.24) is 15.0 Å². The van der Waals surface area contributed by atoms with E-state index in [0.717, 1.165) is 28.0 Å². The zero-order chi connectivity index (χ0) is 32.0. The van der Waals surface area contributed by atoms with Gasteiger partial charge in [0.05, 0.1) is 0 Å². The molecular formula is C42H27N3O2S. The molecule has 0 fully saturated rings. The van der Waals surface area contributed by atoms with Gasteiger partial charge >= 0.3 is 0 Å². The first-order chi connectivity index (χ1) is 23.5. The molecule has 5 nitrogen and oxygen atoms in total. The van der Waals surface area contributed by atoms with Crippen LogP contribution in [0.3, 0.4) is 0 Å². The first-order valence-corrected chi connectivity index (χ1v) is 16.8. The fraction of sp³-hybridized carbons (Fsp3) is 0.0714. The summed E-state index contributed by atoms with van der Waals surface area (Å²) in [5, 5.41) is 2.50. The van der Waals surface area contributed by atoms with Crippen LogP contribution in [0.2, 0.25) is 0 Å². The Labute approximate surface area is 281 Å². The quantitative estimate of drug-likeness (QED) is 0.193. The van der Waals surface area contributed by atoms with Crippen LogP contribution >= 0.6 is 11.3 Å². The summed E-state index contributed by atoms with van der Waals surface area (Å²) in [5.41, 5.74) is 7.34. The Bertz CT molecular complexity index is 2610. The molecule has 6 heteroatoms. The number of hydrogen-bond donors (Lipinski definition) is 0. The lowest BCUT2D eigenvalue weighted by Crippen LogP contribution is -2.15. The third-order valence-corrected chi connectivity index (χ3v) is 10.7. The normalized spacial score (nSPS) is 13.7. The van der Waals surface area contributed by atoms with Crippen LogP contribution in [0.25, 0.3) is 65.5 Å². The van der Waals surface area contributed by atoms with Crippen molar-refractivity contribution in [3.8, 4) is 68.3 Å². The maximum Gasteiger partial charge on any atom is 0.178 e. The van der Waals surface area contributed by atoms with Gasteiger partial charge in [0, 0.05) is 47.8 Å². The Kier molecular flexibility index (Phi) is 5.72. The summed E-state index contributed by atoms with van der Waals surface area (Å²) in [5.74, 6) is 4.55. The Morgan fingerprint density at radius 1 is 0.500 bits per heavy atom. The molecule has 6 aromatic carbocycles. The van der Waals surface area contributed by atoms with E-state index in [0.29, 0.717) is 34.7 Å². The second-order valence-electron chi connectivity index (χ2n) is 12.8. The van der Waals surface area contributed by atoms with Gasteiger partial charge in [-0.15, -0.1) is 11.3 Å². The molecule has 0 bridgehead atoms. The molecule has 48 heavy (non-hydrogen) atoms. The number of hydrogen-bond acceptors (Lipinski definition) is 6. The minimum Gasteiger partial charge on any atom is -0.449 e. The molecule has 228 valence electrons. The predicted molar refractivity (Wildman–Crippen MR) is 193 cm³/mol. The second kappa shape index (κ2) is 10.1. The molecule has 3 heterocycles. The molecule has 0 saturated carbocycles. The lowest BCUT2D eigenvalue weighted by Gasteiger charge is -2.25. The van der Waals surface area contributed by atoms with Gasteiger partial charge in [0.15, 0.2) is 40.5 Å². The highest BCUT2D eigenvalue weighted by molar-refractivity contribution is 7.25. The Morgan fingerprint density at radius 2 is 1.17 bits per heavy atom. The van der Waals surface area contributed by atoms with Gasteiger partial charge < -0.3 is 9.47 Å². The van der Waals surface area contributed by atoms with E-state index in [1.165, 1.54) is 36.9 Å². The zero-order valence-electron chi connectivity index (χ0n) is 26.2. The van der Waals surface area contributed by atoms with Gasteiger partial charge in [-0.25, -0.2) is 15.0 Å². The molecule has 2 aliphatic rings. The first-order valence-electron chi connectivity index (χ1n) is 16.0. The second-order valence-corrected chi connectivity index (χ2v) is 13.9. The van der Waals surface area contributed by atoms with Crippen LogP contribution in [0.1, 0.15) is 25.0 Å². The van der Waals surface area contributed by atoms with E-state index in [2.05, 4.69) is 86.6 Å². The molecule has 1 aliphatic carbocycles. The van der Waals surface area contributed by atoms with E-state index in [1.54, 1.807) is 11.3 Å². The summed E-state index contributed by atoms with van der Waals surface area (Å²) in [6.45, 7) is 4.53. The lowest BCUT2D eigenvalue weighted by molar-refractivity contribution is 0.360. The number of thiophene rings is 1. The van der Waals surface area contributed by atoms with Gasteiger partial charge in [-0.05, 0) is 53.1 Å². The maximum atomic E-state index is 6.74. The molecule has 0 radical (unpaired) electrons. The molecule has 0 N–H and O–H groups in total. The van der Waals surface area contributed by atoms with Gasteiger partial charge in [-0.1, -0.05) is 105 Å². The average molecular weight is 638 g/mol. The van der Waals surface area contributed by atoms with Crippen molar-refractivity contribution in [2.45, 2.75) is 19.3 Å².